The second-order valence-electron chi connectivity index (χ2n) is 4.58. The first kappa shape index (κ1) is 18.1. The largest absolute Gasteiger partial charge is 0.456 e. The monoisotopic (exact) mass is 284 g/mol. The van der Waals surface area contributed by atoms with E-state index in [0.717, 1.165) is 32.1 Å². The van der Waals surface area contributed by atoms with Gasteiger partial charge in [-0.05, 0) is 19.3 Å². The van der Waals surface area contributed by atoms with Gasteiger partial charge in [0.05, 0.1) is 0 Å². The molecule has 0 spiro atoms. The fraction of sp³-hybridized carbons (Fsp3) is 0.643. The van der Waals surface area contributed by atoms with E-state index in [1.807, 2.05) is 6.08 Å². The van der Waals surface area contributed by atoms with Gasteiger partial charge in [-0.15, -0.1) is 6.58 Å². The number of nitrogens with two attached hydrogens (primary N) is 1. The van der Waals surface area contributed by atoms with E-state index in [2.05, 4.69) is 16.6 Å². The lowest BCUT2D eigenvalue weighted by Gasteiger charge is -2.15. The Morgan fingerprint density at radius 1 is 1.25 bits per heavy atom. The first-order valence-corrected chi connectivity index (χ1v) is 6.80. The Morgan fingerprint density at radius 3 is 2.45 bits per heavy atom. The highest BCUT2D eigenvalue weighted by atomic mass is 16.5. The maximum Gasteiger partial charge on any atom is 0.303 e. The first-order chi connectivity index (χ1) is 9.47. The molecule has 0 rings (SSSR count). The quantitative estimate of drug-likeness (QED) is 0.336. The first-order valence-electron chi connectivity index (χ1n) is 6.80. The molecule has 0 bridgehead atoms. The predicted octanol–water partition coefficient (Wildman–Crippen LogP) is 1.05. The van der Waals surface area contributed by atoms with Crippen molar-refractivity contribution in [1.82, 2.24) is 5.32 Å². The summed E-state index contributed by atoms with van der Waals surface area (Å²) in [6.45, 7) is 4.47. The van der Waals surface area contributed by atoms with Gasteiger partial charge in [0.1, 0.15) is 6.04 Å². The Labute approximate surface area is 119 Å². The molecular formula is C14H24N2O4. The lowest BCUT2D eigenvalue weighted by atomic mass is 10.1. The number of amides is 2. The number of rotatable bonds is 11. The number of carbonyl (C=O) groups is 3. The molecule has 0 aromatic rings. The summed E-state index contributed by atoms with van der Waals surface area (Å²) in [4.78, 5) is 33.2. The van der Waals surface area contributed by atoms with Crippen LogP contribution in [-0.4, -0.2) is 30.4 Å². The number of carbonyl (C=O) groups excluding carboxylic acids is 3. The molecule has 0 heterocycles. The molecule has 6 nitrogen and oxygen atoms in total. The molecule has 0 aliphatic carbocycles. The van der Waals surface area contributed by atoms with E-state index in [0.29, 0.717) is 6.42 Å². The maximum absolute atomic E-state index is 11.4. The van der Waals surface area contributed by atoms with Crippen molar-refractivity contribution in [3.8, 4) is 0 Å². The molecule has 0 saturated heterocycles. The van der Waals surface area contributed by atoms with Gasteiger partial charge in [-0.2, -0.15) is 0 Å². The van der Waals surface area contributed by atoms with Gasteiger partial charge < -0.3 is 15.8 Å². The van der Waals surface area contributed by atoms with Gasteiger partial charge in [0, 0.05) is 6.92 Å². The van der Waals surface area contributed by atoms with E-state index < -0.39 is 30.4 Å². The zero-order valence-corrected chi connectivity index (χ0v) is 12.0. The molecule has 3 N–H and O–H groups in total. The molecule has 0 aromatic carbocycles. The molecule has 20 heavy (non-hydrogen) atoms. The van der Waals surface area contributed by atoms with Crippen molar-refractivity contribution in [2.45, 2.75) is 51.5 Å². The Hall–Kier alpha value is -1.85. The van der Waals surface area contributed by atoms with E-state index in [4.69, 9.17) is 5.73 Å². The Bertz CT molecular complexity index is 342. The van der Waals surface area contributed by atoms with Crippen LogP contribution in [0.4, 0.5) is 0 Å². The van der Waals surface area contributed by atoms with E-state index in [1.54, 1.807) is 0 Å². The lowest BCUT2D eigenvalue weighted by molar-refractivity contribution is -0.146. The molecule has 0 fully saturated rings. The number of ether oxygens (including phenoxy) is 1. The van der Waals surface area contributed by atoms with Crippen LogP contribution in [0, 0.1) is 0 Å². The van der Waals surface area contributed by atoms with Gasteiger partial charge in [0.25, 0.3) is 5.91 Å². The molecule has 2 amide bonds. The van der Waals surface area contributed by atoms with Crippen molar-refractivity contribution in [2.24, 2.45) is 5.73 Å². The lowest BCUT2D eigenvalue weighted by Crippen LogP contribution is -2.45. The third kappa shape index (κ3) is 10.1. The molecule has 0 aliphatic heterocycles. The summed E-state index contributed by atoms with van der Waals surface area (Å²) in [5, 5.41) is 2.47. The van der Waals surface area contributed by atoms with Crippen LogP contribution in [0.5, 0.6) is 0 Å². The van der Waals surface area contributed by atoms with Crippen LogP contribution in [0.2, 0.25) is 0 Å². The number of nitrogens with one attached hydrogen (secondary N) is 1. The number of unbranched alkanes of at least 4 members (excludes halogenated alkanes) is 4. The van der Waals surface area contributed by atoms with Crippen molar-refractivity contribution in [2.75, 3.05) is 6.61 Å². The molecular weight excluding hydrogens is 260 g/mol. The minimum atomic E-state index is -0.711. The Balaban J connectivity index is 3.92. The highest BCUT2D eigenvalue weighted by Gasteiger charge is 2.17. The molecule has 6 heteroatoms. The molecule has 0 unspecified atom stereocenters. The standard InChI is InChI=1S/C14H24N2O4/c1-3-4-5-6-7-8-9-12(14(15)19)16-13(18)10-20-11(2)17/h3,12H,1,4-10H2,2H3,(H2,15,19)(H,16,18)/t12-/m0/s1. The Kier molecular flexibility index (Phi) is 10.00. The zero-order valence-electron chi connectivity index (χ0n) is 12.0. The predicted molar refractivity (Wildman–Crippen MR) is 75.7 cm³/mol. The number of esters is 1. The van der Waals surface area contributed by atoms with Gasteiger partial charge in [0.2, 0.25) is 5.91 Å². The number of hydrogen-bond acceptors (Lipinski definition) is 4. The number of primary amides is 1. The van der Waals surface area contributed by atoms with Crippen LogP contribution in [-0.2, 0) is 19.1 Å². The SMILES string of the molecule is C=CCCCCCC[C@H](NC(=O)COC(C)=O)C(N)=O. The normalized spacial score (nSPS) is 11.4. The molecule has 1 atom stereocenters. The minimum absolute atomic E-state index is 0.390. The topological polar surface area (TPSA) is 98.5 Å². The van der Waals surface area contributed by atoms with Gasteiger partial charge >= 0.3 is 5.97 Å². The Morgan fingerprint density at radius 2 is 1.90 bits per heavy atom. The van der Waals surface area contributed by atoms with E-state index in [9.17, 15) is 14.4 Å². The highest BCUT2D eigenvalue weighted by Crippen LogP contribution is 2.07. The molecule has 114 valence electrons. The van der Waals surface area contributed by atoms with Gasteiger partial charge in [-0.1, -0.05) is 25.3 Å². The maximum atomic E-state index is 11.4. The van der Waals surface area contributed by atoms with Crippen molar-refractivity contribution < 1.29 is 19.1 Å². The number of allylic oxidation sites excluding steroid dienone is 1. The average molecular weight is 284 g/mol. The van der Waals surface area contributed by atoms with Crippen LogP contribution in [0.3, 0.4) is 0 Å². The highest BCUT2D eigenvalue weighted by molar-refractivity contribution is 5.87. The van der Waals surface area contributed by atoms with Crippen LogP contribution >= 0.6 is 0 Å². The molecule has 0 aromatic heterocycles. The third-order valence-corrected chi connectivity index (χ3v) is 2.74. The average Bonchev–Trinajstić information content (AvgIpc) is 2.38. The van der Waals surface area contributed by atoms with Crippen molar-refractivity contribution in [3.63, 3.8) is 0 Å². The van der Waals surface area contributed by atoms with E-state index in [-0.39, 0.29) is 0 Å². The van der Waals surface area contributed by atoms with Crippen molar-refractivity contribution in [1.29, 1.82) is 0 Å². The number of hydrogen-bond donors (Lipinski definition) is 2. The summed E-state index contributed by atoms with van der Waals surface area (Å²) < 4.78 is 4.54. The minimum Gasteiger partial charge on any atom is -0.456 e. The smallest absolute Gasteiger partial charge is 0.303 e. The van der Waals surface area contributed by atoms with Gasteiger partial charge in [-0.3, -0.25) is 14.4 Å². The fourth-order valence-electron chi connectivity index (χ4n) is 1.68. The van der Waals surface area contributed by atoms with Gasteiger partial charge in [0.15, 0.2) is 6.61 Å². The summed E-state index contributed by atoms with van der Waals surface area (Å²) in [5.74, 6) is -1.64. The summed E-state index contributed by atoms with van der Waals surface area (Å²) in [6, 6.07) is -0.711. The summed E-state index contributed by atoms with van der Waals surface area (Å²) >= 11 is 0. The molecule has 0 saturated carbocycles. The second-order valence-corrected chi connectivity index (χ2v) is 4.58. The van der Waals surface area contributed by atoms with E-state index >= 15 is 0 Å². The summed E-state index contributed by atoms with van der Waals surface area (Å²) in [6.07, 6.45) is 7.26. The van der Waals surface area contributed by atoms with Crippen LogP contribution < -0.4 is 11.1 Å². The fourth-order valence-corrected chi connectivity index (χ4v) is 1.68. The van der Waals surface area contributed by atoms with Crippen molar-refractivity contribution in [3.05, 3.63) is 12.7 Å². The molecule has 0 radical (unpaired) electrons. The van der Waals surface area contributed by atoms with Gasteiger partial charge in [-0.25, -0.2) is 0 Å². The third-order valence-electron chi connectivity index (χ3n) is 2.74. The van der Waals surface area contributed by atoms with Crippen LogP contribution in [0.15, 0.2) is 12.7 Å². The summed E-state index contributed by atoms with van der Waals surface area (Å²) in [5.41, 5.74) is 5.23. The van der Waals surface area contributed by atoms with Crippen LogP contribution in [0.25, 0.3) is 0 Å². The summed E-state index contributed by atoms with van der Waals surface area (Å²) in [7, 11) is 0. The van der Waals surface area contributed by atoms with Crippen molar-refractivity contribution >= 4 is 17.8 Å². The zero-order chi connectivity index (χ0) is 15.4. The van der Waals surface area contributed by atoms with E-state index in [1.165, 1.54) is 6.92 Å². The van der Waals surface area contributed by atoms with Crippen LogP contribution in [0.1, 0.15) is 45.4 Å². The molecule has 0 aliphatic rings. The second kappa shape index (κ2) is 11.0.